The van der Waals surface area contributed by atoms with E-state index in [4.69, 9.17) is 15.9 Å². The van der Waals surface area contributed by atoms with Crippen molar-refractivity contribution >= 4 is 5.84 Å². The molecule has 3 N–H and O–H groups in total. The van der Waals surface area contributed by atoms with Crippen LogP contribution in [0.4, 0.5) is 0 Å². The summed E-state index contributed by atoms with van der Waals surface area (Å²) < 4.78 is 5.25. The first-order valence-corrected chi connectivity index (χ1v) is 4.30. The summed E-state index contributed by atoms with van der Waals surface area (Å²) in [6.45, 7) is 2.54. The summed E-state index contributed by atoms with van der Waals surface area (Å²) in [7, 11) is 1.74. The van der Waals surface area contributed by atoms with E-state index in [1.807, 2.05) is 0 Å². The van der Waals surface area contributed by atoms with Gasteiger partial charge < -0.3 is 10.5 Å². The normalized spacial score (nSPS) is 25.6. The summed E-state index contributed by atoms with van der Waals surface area (Å²) >= 11 is 0. The molecule has 1 saturated heterocycles. The van der Waals surface area contributed by atoms with Crippen LogP contribution in [0.5, 0.6) is 0 Å². The van der Waals surface area contributed by atoms with Crippen LogP contribution in [0.1, 0.15) is 12.8 Å². The van der Waals surface area contributed by atoms with Crippen LogP contribution in [0, 0.1) is 5.41 Å². The van der Waals surface area contributed by atoms with Crippen LogP contribution in [0.2, 0.25) is 0 Å². The summed E-state index contributed by atoms with van der Waals surface area (Å²) in [6, 6.07) is 0. The lowest BCUT2D eigenvalue weighted by molar-refractivity contribution is 0.0369. The number of nitrogens with two attached hydrogens (primary N) is 1. The number of amidine groups is 1. The van der Waals surface area contributed by atoms with Gasteiger partial charge in [0.05, 0.1) is 12.6 Å². The van der Waals surface area contributed by atoms with E-state index >= 15 is 0 Å². The molecule has 0 spiro atoms. The molecule has 1 atom stereocenters. The average Bonchev–Trinajstić information content (AvgIpc) is 2.03. The van der Waals surface area contributed by atoms with Crippen molar-refractivity contribution in [3.05, 3.63) is 0 Å². The highest BCUT2D eigenvalue weighted by Gasteiger charge is 2.19. The Morgan fingerprint density at radius 3 is 3.08 bits per heavy atom. The largest absolute Gasteiger partial charge is 0.387 e. The molecule has 1 heterocycles. The monoisotopic (exact) mass is 171 g/mol. The maximum Gasteiger partial charge on any atom is 0.105 e. The topological polar surface area (TPSA) is 62.3 Å². The van der Waals surface area contributed by atoms with Gasteiger partial charge in [0.15, 0.2) is 0 Å². The Balaban J connectivity index is 2.30. The van der Waals surface area contributed by atoms with Crippen molar-refractivity contribution in [2.75, 3.05) is 26.7 Å². The number of hydrogen-bond donors (Lipinski definition) is 2. The Hall–Kier alpha value is -0.610. The van der Waals surface area contributed by atoms with E-state index in [0.717, 1.165) is 25.9 Å². The maximum atomic E-state index is 7.15. The van der Waals surface area contributed by atoms with Crippen LogP contribution in [0.3, 0.4) is 0 Å². The molecule has 1 aliphatic rings. The molecule has 0 saturated carbocycles. The van der Waals surface area contributed by atoms with Crippen LogP contribution >= 0.6 is 0 Å². The van der Waals surface area contributed by atoms with Gasteiger partial charge in [-0.1, -0.05) is 0 Å². The standard InChI is InChI=1S/C8H17N3O/c1-12-7-3-2-4-11(5-7)6-8(9)10/h7H,2-6H2,1H3,(H3,9,10). The minimum absolute atomic E-state index is 0.242. The van der Waals surface area contributed by atoms with Gasteiger partial charge in [-0.15, -0.1) is 0 Å². The van der Waals surface area contributed by atoms with Crippen LogP contribution in [0.25, 0.3) is 0 Å². The lowest BCUT2D eigenvalue weighted by Gasteiger charge is -2.31. The van der Waals surface area contributed by atoms with E-state index in [1.165, 1.54) is 0 Å². The van der Waals surface area contributed by atoms with Gasteiger partial charge in [0.2, 0.25) is 0 Å². The number of nitrogens with zero attached hydrogens (tertiary/aromatic N) is 1. The van der Waals surface area contributed by atoms with Crippen LogP contribution < -0.4 is 5.73 Å². The van der Waals surface area contributed by atoms with Crippen molar-refractivity contribution in [1.29, 1.82) is 5.41 Å². The molecule has 70 valence electrons. The van der Waals surface area contributed by atoms with E-state index in [0.29, 0.717) is 12.6 Å². The lowest BCUT2D eigenvalue weighted by Crippen LogP contribution is -2.43. The minimum atomic E-state index is 0.242. The van der Waals surface area contributed by atoms with E-state index in [9.17, 15) is 0 Å². The highest BCUT2D eigenvalue weighted by Crippen LogP contribution is 2.11. The Kier molecular flexibility index (Phi) is 3.49. The molecule has 0 aromatic rings. The molecule has 0 aromatic heterocycles. The Morgan fingerprint density at radius 1 is 1.75 bits per heavy atom. The molecule has 4 nitrogen and oxygen atoms in total. The first kappa shape index (κ1) is 9.48. The molecule has 4 heteroatoms. The van der Waals surface area contributed by atoms with Gasteiger partial charge in [-0.05, 0) is 19.4 Å². The number of rotatable bonds is 3. The third-order valence-electron chi connectivity index (χ3n) is 2.19. The quantitative estimate of drug-likeness (QED) is 0.465. The molecule has 0 aromatic carbocycles. The van der Waals surface area contributed by atoms with Crippen molar-refractivity contribution in [2.24, 2.45) is 5.73 Å². The molecule has 0 bridgehead atoms. The van der Waals surface area contributed by atoms with Crippen LogP contribution in [-0.2, 0) is 4.74 Å². The SMILES string of the molecule is COC1CCCN(CC(=N)N)C1. The molecule has 0 amide bonds. The molecular formula is C8H17N3O. The number of hydrogen-bond acceptors (Lipinski definition) is 3. The third-order valence-corrected chi connectivity index (χ3v) is 2.19. The predicted octanol–water partition coefficient (Wildman–Crippen LogP) is 0.0332. The summed E-state index contributed by atoms with van der Waals surface area (Å²) in [5.74, 6) is 0.242. The minimum Gasteiger partial charge on any atom is -0.387 e. The highest BCUT2D eigenvalue weighted by atomic mass is 16.5. The zero-order chi connectivity index (χ0) is 8.97. The summed E-state index contributed by atoms with van der Waals surface area (Å²) in [5, 5.41) is 7.15. The number of likely N-dealkylation sites (tertiary alicyclic amines) is 1. The second-order valence-electron chi connectivity index (χ2n) is 3.26. The van der Waals surface area contributed by atoms with E-state index < -0.39 is 0 Å². The molecule has 1 fully saturated rings. The molecule has 0 radical (unpaired) electrons. The number of ether oxygens (including phenoxy) is 1. The zero-order valence-corrected chi connectivity index (χ0v) is 7.55. The van der Waals surface area contributed by atoms with Gasteiger partial charge in [-0.2, -0.15) is 0 Å². The first-order valence-electron chi connectivity index (χ1n) is 4.30. The fourth-order valence-corrected chi connectivity index (χ4v) is 1.59. The Labute approximate surface area is 73.2 Å². The number of nitrogens with one attached hydrogen (secondary N) is 1. The molecule has 12 heavy (non-hydrogen) atoms. The molecular weight excluding hydrogens is 154 g/mol. The second kappa shape index (κ2) is 4.42. The van der Waals surface area contributed by atoms with E-state index in [1.54, 1.807) is 7.11 Å². The summed E-state index contributed by atoms with van der Waals surface area (Å²) in [4.78, 5) is 2.17. The van der Waals surface area contributed by atoms with Gasteiger partial charge >= 0.3 is 0 Å². The van der Waals surface area contributed by atoms with Crippen molar-refractivity contribution < 1.29 is 4.74 Å². The van der Waals surface area contributed by atoms with Crippen LogP contribution in [0.15, 0.2) is 0 Å². The fraction of sp³-hybridized carbons (Fsp3) is 0.875. The average molecular weight is 171 g/mol. The molecule has 1 rings (SSSR count). The molecule has 0 aliphatic carbocycles. The smallest absolute Gasteiger partial charge is 0.105 e. The third kappa shape index (κ3) is 2.79. The number of methoxy groups -OCH3 is 1. The van der Waals surface area contributed by atoms with Crippen LogP contribution in [-0.4, -0.2) is 43.6 Å². The highest BCUT2D eigenvalue weighted by molar-refractivity contribution is 5.78. The van der Waals surface area contributed by atoms with Gasteiger partial charge in [0.1, 0.15) is 5.84 Å². The van der Waals surface area contributed by atoms with E-state index in [-0.39, 0.29) is 5.84 Å². The predicted molar refractivity (Wildman–Crippen MR) is 48.4 cm³/mol. The van der Waals surface area contributed by atoms with Crippen molar-refractivity contribution in [3.8, 4) is 0 Å². The van der Waals surface area contributed by atoms with Gasteiger partial charge in [0, 0.05) is 13.7 Å². The van der Waals surface area contributed by atoms with Gasteiger partial charge in [0.25, 0.3) is 0 Å². The fourth-order valence-electron chi connectivity index (χ4n) is 1.59. The second-order valence-corrected chi connectivity index (χ2v) is 3.26. The summed E-state index contributed by atoms with van der Waals surface area (Å²) in [6.07, 6.45) is 2.61. The lowest BCUT2D eigenvalue weighted by atomic mass is 10.1. The Morgan fingerprint density at radius 2 is 2.50 bits per heavy atom. The van der Waals surface area contributed by atoms with E-state index in [2.05, 4.69) is 4.90 Å². The van der Waals surface area contributed by atoms with Gasteiger partial charge in [-0.25, -0.2) is 0 Å². The van der Waals surface area contributed by atoms with Crippen molar-refractivity contribution in [3.63, 3.8) is 0 Å². The van der Waals surface area contributed by atoms with Crippen molar-refractivity contribution in [2.45, 2.75) is 18.9 Å². The van der Waals surface area contributed by atoms with Gasteiger partial charge in [-0.3, -0.25) is 10.3 Å². The molecule has 1 unspecified atom stereocenters. The van der Waals surface area contributed by atoms with Crippen molar-refractivity contribution in [1.82, 2.24) is 4.90 Å². The number of piperidine rings is 1. The molecule has 1 aliphatic heterocycles. The first-order chi connectivity index (χ1) is 5.72. The Bertz CT molecular complexity index is 160. The maximum absolute atomic E-state index is 7.15. The zero-order valence-electron chi connectivity index (χ0n) is 7.55. The summed E-state index contributed by atoms with van der Waals surface area (Å²) in [5.41, 5.74) is 5.31.